The zero-order chi connectivity index (χ0) is 20.9. The van der Waals surface area contributed by atoms with Gasteiger partial charge in [0.15, 0.2) is 6.54 Å². The van der Waals surface area contributed by atoms with Crippen molar-refractivity contribution in [2.24, 2.45) is 5.10 Å². The van der Waals surface area contributed by atoms with Crippen LogP contribution in [-0.2, 0) is 4.79 Å². The van der Waals surface area contributed by atoms with E-state index in [0.29, 0.717) is 13.0 Å². The van der Waals surface area contributed by atoms with Gasteiger partial charge in [-0.3, -0.25) is 4.79 Å². The number of methoxy groups -OCH3 is 2. The van der Waals surface area contributed by atoms with Crippen LogP contribution < -0.4 is 14.4 Å². The van der Waals surface area contributed by atoms with E-state index in [2.05, 4.69) is 0 Å². The Morgan fingerprint density at radius 3 is 2.17 bits per heavy atom. The van der Waals surface area contributed by atoms with Crippen LogP contribution in [0.2, 0.25) is 0 Å². The van der Waals surface area contributed by atoms with Crippen LogP contribution in [0.15, 0.2) is 53.6 Å². The number of quaternary nitrogens is 1. The molecule has 2 aliphatic heterocycles. The zero-order valence-corrected chi connectivity index (χ0v) is 17.8. The van der Waals surface area contributed by atoms with E-state index in [1.807, 2.05) is 48.5 Å². The number of hydrogen-bond acceptors (Lipinski definition) is 4. The summed E-state index contributed by atoms with van der Waals surface area (Å²) in [4.78, 5) is 14.6. The van der Waals surface area contributed by atoms with E-state index < -0.39 is 0 Å². The summed E-state index contributed by atoms with van der Waals surface area (Å²) in [5.74, 6) is 1.71. The molecule has 0 aliphatic carbocycles. The van der Waals surface area contributed by atoms with Crippen molar-refractivity contribution in [3.05, 3.63) is 59.7 Å². The Labute approximate surface area is 178 Å². The fourth-order valence-electron chi connectivity index (χ4n) is 4.31. The number of carbonyl (C=O) groups excluding carboxylic acids is 1. The van der Waals surface area contributed by atoms with Crippen molar-refractivity contribution in [2.45, 2.75) is 31.7 Å². The molecule has 0 spiro atoms. The zero-order valence-electron chi connectivity index (χ0n) is 17.8. The summed E-state index contributed by atoms with van der Waals surface area (Å²) in [6.07, 6.45) is 4.37. The first kappa shape index (κ1) is 20.4. The molecule has 0 saturated carbocycles. The smallest absolute Gasteiger partial charge is 0.298 e. The third-order valence-corrected chi connectivity index (χ3v) is 6.05. The summed E-state index contributed by atoms with van der Waals surface area (Å²) in [6.45, 7) is 2.65. The Kier molecular flexibility index (Phi) is 6.33. The molecule has 2 heterocycles. The van der Waals surface area contributed by atoms with Crippen LogP contribution in [0.1, 0.15) is 42.9 Å². The van der Waals surface area contributed by atoms with Crippen LogP contribution in [-0.4, -0.2) is 50.5 Å². The van der Waals surface area contributed by atoms with Gasteiger partial charge in [0.1, 0.15) is 11.5 Å². The average Bonchev–Trinajstić information content (AvgIpc) is 3.25. The summed E-state index contributed by atoms with van der Waals surface area (Å²) >= 11 is 0. The van der Waals surface area contributed by atoms with Crippen molar-refractivity contribution in [1.29, 1.82) is 0 Å². The van der Waals surface area contributed by atoms with E-state index in [4.69, 9.17) is 14.6 Å². The first-order valence-corrected chi connectivity index (χ1v) is 10.7. The van der Waals surface area contributed by atoms with E-state index in [9.17, 15) is 4.79 Å². The number of nitrogens with one attached hydrogen (secondary N) is 1. The maximum atomic E-state index is 13.3. The Morgan fingerprint density at radius 2 is 1.57 bits per heavy atom. The van der Waals surface area contributed by atoms with Gasteiger partial charge in [-0.05, 0) is 66.8 Å². The van der Waals surface area contributed by atoms with Gasteiger partial charge in [0.05, 0.1) is 39.1 Å². The van der Waals surface area contributed by atoms with Crippen molar-refractivity contribution in [3.63, 3.8) is 0 Å². The van der Waals surface area contributed by atoms with Crippen LogP contribution >= 0.6 is 0 Å². The molecule has 2 aromatic carbocycles. The molecule has 1 saturated heterocycles. The number of benzene rings is 2. The van der Waals surface area contributed by atoms with Crippen molar-refractivity contribution >= 4 is 11.6 Å². The van der Waals surface area contributed by atoms with Crippen molar-refractivity contribution in [2.75, 3.05) is 33.9 Å². The number of rotatable bonds is 6. The fraction of sp³-hybridized carbons (Fsp3) is 0.417. The van der Waals surface area contributed by atoms with Crippen LogP contribution in [0, 0.1) is 0 Å². The van der Waals surface area contributed by atoms with Gasteiger partial charge in [0.2, 0.25) is 0 Å². The van der Waals surface area contributed by atoms with Crippen molar-refractivity contribution in [1.82, 2.24) is 5.01 Å². The predicted octanol–water partition coefficient (Wildman–Crippen LogP) is 2.45. The number of nitrogens with zero attached hydrogens (tertiary/aromatic N) is 2. The molecule has 1 fully saturated rings. The van der Waals surface area contributed by atoms with E-state index in [1.54, 1.807) is 19.2 Å². The minimum absolute atomic E-state index is 0.0929. The molecule has 1 amide bonds. The highest BCUT2D eigenvalue weighted by molar-refractivity contribution is 6.03. The summed E-state index contributed by atoms with van der Waals surface area (Å²) in [5, 5.41) is 6.51. The SMILES string of the molecule is COc1ccc(C2=NN(C(=O)C[NH+]3CCCCC3)[C@H](c3ccc(OC)cc3)C2)cc1. The normalized spacial score (nSPS) is 19.5. The molecule has 4 rings (SSSR count). The van der Waals surface area contributed by atoms with E-state index >= 15 is 0 Å². The molecule has 1 N–H and O–H groups in total. The standard InChI is InChI=1S/C24H29N3O3/c1-29-20-10-6-18(7-11-20)22-16-23(19-8-12-21(30-2)13-9-19)27(25-22)24(28)17-26-14-4-3-5-15-26/h6-13,23H,3-5,14-17H2,1-2H3/p+1/t23-/m0/s1. The lowest BCUT2D eigenvalue weighted by molar-refractivity contribution is -0.897. The summed E-state index contributed by atoms with van der Waals surface area (Å²) in [7, 11) is 3.32. The highest BCUT2D eigenvalue weighted by Crippen LogP contribution is 2.33. The lowest BCUT2D eigenvalue weighted by Crippen LogP contribution is -3.13. The van der Waals surface area contributed by atoms with Gasteiger partial charge in [-0.2, -0.15) is 5.10 Å². The van der Waals surface area contributed by atoms with Gasteiger partial charge in [0, 0.05) is 6.42 Å². The maximum absolute atomic E-state index is 13.3. The molecule has 6 heteroatoms. The minimum atomic E-state index is -0.0929. The quantitative estimate of drug-likeness (QED) is 0.799. The minimum Gasteiger partial charge on any atom is -0.497 e. The van der Waals surface area contributed by atoms with Gasteiger partial charge in [-0.15, -0.1) is 0 Å². The van der Waals surface area contributed by atoms with Gasteiger partial charge in [-0.1, -0.05) is 12.1 Å². The molecule has 0 radical (unpaired) electrons. The number of hydrazone groups is 1. The highest BCUT2D eigenvalue weighted by Gasteiger charge is 2.35. The molecular weight excluding hydrogens is 378 g/mol. The molecule has 158 valence electrons. The van der Waals surface area contributed by atoms with Crippen LogP contribution in [0.25, 0.3) is 0 Å². The lowest BCUT2D eigenvalue weighted by atomic mass is 9.98. The molecule has 0 aromatic heterocycles. The number of hydrogen-bond donors (Lipinski definition) is 1. The van der Waals surface area contributed by atoms with Gasteiger partial charge < -0.3 is 14.4 Å². The maximum Gasteiger partial charge on any atom is 0.298 e. The molecule has 6 nitrogen and oxygen atoms in total. The second-order valence-electron chi connectivity index (χ2n) is 7.99. The highest BCUT2D eigenvalue weighted by atomic mass is 16.5. The van der Waals surface area contributed by atoms with Crippen molar-refractivity contribution in [3.8, 4) is 11.5 Å². The van der Waals surface area contributed by atoms with E-state index in [0.717, 1.165) is 41.4 Å². The molecule has 30 heavy (non-hydrogen) atoms. The van der Waals surface area contributed by atoms with Crippen LogP contribution in [0.5, 0.6) is 11.5 Å². The summed E-state index contributed by atoms with van der Waals surface area (Å²) in [5.41, 5.74) is 3.03. The van der Waals surface area contributed by atoms with Gasteiger partial charge in [-0.25, -0.2) is 5.01 Å². The van der Waals surface area contributed by atoms with Crippen LogP contribution in [0.3, 0.4) is 0 Å². The lowest BCUT2D eigenvalue weighted by Gasteiger charge is -2.27. The summed E-state index contributed by atoms with van der Waals surface area (Å²) in [6, 6.07) is 15.7. The Balaban J connectivity index is 1.58. The van der Waals surface area contributed by atoms with Crippen molar-refractivity contribution < 1.29 is 19.2 Å². The number of carbonyl (C=O) groups is 1. The predicted molar refractivity (Wildman–Crippen MR) is 116 cm³/mol. The first-order chi connectivity index (χ1) is 14.7. The van der Waals surface area contributed by atoms with E-state index in [-0.39, 0.29) is 11.9 Å². The fourth-order valence-corrected chi connectivity index (χ4v) is 4.31. The number of piperidine rings is 1. The van der Waals surface area contributed by atoms with Crippen LogP contribution in [0.4, 0.5) is 0 Å². The Morgan fingerprint density at radius 1 is 0.967 bits per heavy atom. The Hall–Kier alpha value is -2.86. The van der Waals surface area contributed by atoms with Gasteiger partial charge >= 0.3 is 0 Å². The number of amides is 1. The molecular formula is C24H30N3O3+. The van der Waals surface area contributed by atoms with E-state index in [1.165, 1.54) is 24.2 Å². The largest absolute Gasteiger partial charge is 0.497 e. The van der Waals surface area contributed by atoms with Gasteiger partial charge in [0.25, 0.3) is 5.91 Å². The Bertz CT molecular complexity index is 887. The topological polar surface area (TPSA) is 55.6 Å². The third-order valence-electron chi connectivity index (χ3n) is 6.05. The number of likely N-dealkylation sites (tertiary alicyclic amines) is 1. The average molecular weight is 409 g/mol. The molecule has 0 unspecified atom stereocenters. The summed E-state index contributed by atoms with van der Waals surface area (Å²) < 4.78 is 10.6. The molecule has 2 aromatic rings. The molecule has 1 atom stereocenters. The second-order valence-corrected chi connectivity index (χ2v) is 7.99. The first-order valence-electron chi connectivity index (χ1n) is 10.7. The molecule has 0 bridgehead atoms. The second kappa shape index (κ2) is 9.30. The third kappa shape index (κ3) is 4.49. The monoisotopic (exact) mass is 408 g/mol. The molecule has 2 aliphatic rings. The number of ether oxygens (including phenoxy) is 2.